The van der Waals surface area contributed by atoms with Gasteiger partial charge in [-0.25, -0.2) is 4.79 Å². The molecule has 0 saturated carbocycles. The number of methoxy groups -OCH3 is 1. The Hall–Kier alpha value is -3.78. The van der Waals surface area contributed by atoms with Crippen LogP contribution in [0, 0.1) is 0 Å². The van der Waals surface area contributed by atoms with Crippen LogP contribution in [0.25, 0.3) is 22.2 Å². The van der Waals surface area contributed by atoms with E-state index >= 15 is 0 Å². The first-order valence-electron chi connectivity index (χ1n) is 12.0. The molecule has 0 N–H and O–H groups in total. The summed E-state index contributed by atoms with van der Waals surface area (Å²) in [5, 5.41) is 0.495. The molecule has 1 aliphatic rings. The van der Waals surface area contributed by atoms with Crippen molar-refractivity contribution in [2.45, 2.75) is 32.4 Å². The Morgan fingerprint density at radius 3 is 2.22 bits per heavy atom. The van der Waals surface area contributed by atoms with E-state index in [0.29, 0.717) is 24.1 Å². The Balaban J connectivity index is 1.89. The second kappa shape index (κ2) is 8.71. The Labute approximate surface area is 209 Å². The molecule has 5 rings (SSSR count). The lowest BCUT2D eigenvalue weighted by Crippen LogP contribution is -2.40. The summed E-state index contributed by atoms with van der Waals surface area (Å²) in [5.41, 5.74) is 2.73. The quantitative estimate of drug-likeness (QED) is 0.424. The molecular weight excluding hydrogens is 458 g/mol. The SMILES string of the molecule is CCOc1ccc([C@@H]2OCC(C)(C)n3c(-c4ccc(OC)cc4)c4c(=O)n(C)c(=O)n(C)c4c32)cc1. The van der Waals surface area contributed by atoms with E-state index in [-0.39, 0.29) is 11.2 Å². The van der Waals surface area contributed by atoms with Crippen molar-refractivity contribution >= 4 is 10.9 Å². The summed E-state index contributed by atoms with van der Waals surface area (Å²) < 4.78 is 22.3. The molecule has 0 radical (unpaired) electrons. The summed E-state index contributed by atoms with van der Waals surface area (Å²) in [7, 11) is 4.85. The highest BCUT2D eigenvalue weighted by atomic mass is 16.5. The number of aryl methyl sites for hydroxylation is 1. The van der Waals surface area contributed by atoms with E-state index in [0.717, 1.165) is 34.0 Å². The lowest BCUT2D eigenvalue weighted by Gasteiger charge is -2.39. The molecular formula is C28H31N3O5. The normalized spacial score (nSPS) is 16.7. The number of benzene rings is 2. The third-order valence-electron chi connectivity index (χ3n) is 6.92. The maximum Gasteiger partial charge on any atom is 0.331 e. The van der Waals surface area contributed by atoms with Crippen LogP contribution in [-0.2, 0) is 24.4 Å². The third-order valence-corrected chi connectivity index (χ3v) is 6.92. The lowest BCUT2D eigenvalue weighted by molar-refractivity contribution is -0.00709. The molecule has 0 amide bonds. The zero-order valence-corrected chi connectivity index (χ0v) is 21.5. The summed E-state index contributed by atoms with van der Waals surface area (Å²) in [6.45, 7) is 7.12. The van der Waals surface area contributed by atoms with Gasteiger partial charge in [-0.2, -0.15) is 0 Å². The van der Waals surface area contributed by atoms with Crippen molar-refractivity contribution in [3.8, 4) is 22.8 Å². The minimum atomic E-state index is -0.480. The topological polar surface area (TPSA) is 76.6 Å². The average molecular weight is 490 g/mol. The molecule has 3 heterocycles. The smallest absolute Gasteiger partial charge is 0.331 e. The fourth-order valence-electron chi connectivity index (χ4n) is 5.18. The predicted molar refractivity (Wildman–Crippen MR) is 139 cm³/mol. The van der Waals surface area contributed by atoms with E-state index in [9.17, 15) is 9.59 Å². The van der Waals surface area contributed by atoms with Gasteiger partial charge in [0.2, 0.25) is 0 Å². The van der Waals surface area contributed by atoms with Gasteiger partial charge in [-0.3, -0.25) is 13.9 Å². The van der Waals surface area contributed by atoms with Crippen LogP contribution in [0.5, 0.6) is 11.5 Å². The van der Waals surface area contributed by atoms with E-state index in [1.54, 1.807) is 18.7 Å². The second-order valence-electron chi connectivity index (χ2n) is 9.73. The first kappa shape index (κ1) is 23.9. The number of rotatable bonds is 5. The number of nitrogens with zero attached hydrogens (tertiary/aromatic N) is 3. The van der Waals surface area contributed by atoms with E-state index in [1.807, 2.05) is 55.5 Å². The molecule has 0 saturated heterocycles. The molecule has 0 aliphatic carbocycles. The number of hydrogen-bond acceptors (Lipinski definition) is 5. The van der Waals surface area contributed by atoms with Crippen LogP contribution in [0.2, 0.25) is 0 Å². The molecule has 2 aromatic heterocycles. The molecule has 0 spiro atoms. The molecule has 8 nitrogen and oxygen atoms in total. The van der Waals surface area contributed by atoms with E-state index in [1.165, 1.54) is 11.6 Å². The Morgan fingerprint density at radius 1 is 0.972 bits per heavy atom. The van der Waals surface area contributed by atoms with Crippen molar-refractivity contribution in [3.05, 3.63) is 80.6 Å². The lowest BCUT2D eigenvalue weighted by atomic mass is 9.98. The summed E-state index contributed by atoms with van der Waals surface area (Å²) in [6.07, 6.45) is -0.471. The molecule has 188 valence electrons. The number of hydrogen-bond donors (Lipinski definition) is 0. The van der Waals surface area contributed by atoms with Crippen molar-refractivity contribution in [1.82, 2.24) is 13.7 Å². The standard InChI is InChI=1S/C28H31N3O5/c1-7-35-20-14-10-18(11-15-20)25-24-23-21(26(32)30(5)27(33)29(23)4)22(31(24)28(2,3)16-36-25)17-8-12-19(34-6)13-9-17/h8-15,25H,7,16H2,1-6H3/t25-/m0/s1. The van der Waals surface area contributed by atoms with Gasteiger partial charge in [-0.1, -0.05) is 12.1 Å². The summed E-state index contributed by atoms with van der Waals surface area (Å²) in [5.74, 6) is 1.50. The van der Waals surface area contributed by atoms with Crippen molar-refractivity contribution in [1.29, 1.82) is 0 Å². The first-order chi connectivity index (χ1) is 17.2. The van der Waals surface area contributed by atoms with Crippen molar-refractivity contribution < 1.29 is 14.2 Å². The third kappa shape index (κ3) is 3.55. The Bertz CT molecular complexity index is 1560. The fourth-order valence-corrected chi connectivity index (χ4v) is 5.18. The van der Waals surface area contributed by atoms with Gasteiger partial charge in [-0.05, 0) is 68.3 Å². The number of fused-ring (bicyclic) bond motifs is 3. The summed E-state index contributed by atoms with van der Waals surface area (Å²) in [4.78, 5) is 26.7. The van der Waals surface area contributed by atoms with Crippen LogP contribution >= 0.6 is 0 Å². The molecule has 4 aromatic rings. The summed E-state index contributed by atoms with van der Waals surface area (Å²) >= 11 is 0. The maximum atomic E-state index is 13.7. The zero-order chi connectivity index (χ0) is 25.8. The molecule has 1 aliphatic heterocycles. The van der Waals surface area contributed by atoms with Gasteiger partial charge in [0.1, 0.15) is 17.6 Å². The molecule has 0 unspecified atom stereocenters. The van der Waals surface area contributed by atoms with Crippen molar-refractivity contribution in [3.63, 3.8) is 0 Å². The highest BCUT2D eigenvalue weighted by Gasteiger charge is 2.40. The Morgan fingerprint density at radius 2 is 1.61 bits per heavy atom. The minimum Gasteiger partial charge on any atom is -0.497 e. The van der Waals surface area contributed by atoms with E-state index < -0.39 is 11.6 Å². The van der Waals surface area contributed by atoms with E-state index in [4.69, 9.17) is 14.2 Å². The first-order valence-corrected chi connectivity index (χ1v) is 12.0. The van der Waals surface area contributed by atoms with Crippen LogP contribution < -0.4 is 20.7 Å². The molecule has 0 bridgehead atoms. The molecule has 2 aromatic carbocycles. The van der Waals surface area contributed by atoms with Crippen LogP contribution in [0.1, 0.15) is 38.1 Å². The molecule has 1 atom stereocenters. The molecule has 0 fully saturated rings. The van der Waals surface area contributed by atoms with Crippen LogP contribution in [-0.4, -0.2) is 34.0 Å². The van der Waals surface area contributed by atoms with Crippen molar-refractivity contribution in [2.24, 2.45) is 14.1 Å². The van der Waals surface area contributed by atoms with Crippen molar-refractivity contribution in [2.75, 3.05) is 20.3 Å². The Kier molecular flexibility index (Phi) is 5.79. The van der Waals surface area contributed by atoms with Gasteiger partial charge in [0, 0.05) is 14.1 Å². The van der Waals surface area contributed by atoms with Gasteiger partial charge in [0.25, 0.3) is 5.56 Å². The van der Waals surface area contributed by atoms with E-state index in [2.05, 4.69) is 18.4 Å². The van der Waals surface area contributed by atoms with Crippen LogP contribution in [0.3, 0.4) is 0 Å². The van der Waals surface area contributed by atoms with Crippen LogP contribution in [0.15, 0.2) is 58.1 Å². The highest BCUT2D eigenvalue weighted by Crippen LogP contribution is 2.45. The van der Waals surface area contributed by atoms with Gasteiger partial charge in [0.15, 0.2) is 0 Å². The van der Waals surface area contributed by atoms with Crippen LogP contribution in [0.4, 0.5) is 0 Å². The van der Waals surface area contributed by atoms with Gasteiger partial charge in [-0.15, -0.1) is 0 Å². The molecule has 36 heavy (non-hydrogen) atoms. The average Bonchev–Trinajstić information content (AvgIpc) is 3.25. The predicted octanol–water partition coefficient (Wildman–Crippen LogP) is 3.97. The minimum absolute atomic E-state index is 0.331. The second-order valence-corrected chi connectivity index (χ2v) is 9.73. The fraction of sp³-hybridized carbons (Fsp3) is 0.357. The number of ether oxygens (including phenoxy) is 3. The number of aromatic nitrogens is 3. The summed E-state index contributed by atoms with van der Waals surface area (Å²) in [6, 6.07) is 15.4. The van der Waals surface area contributed by atoms with Gasteiger partial charge >= 0.3 is 5.69 Å². The zero-order valence-electron chi connectivity index (χ0n) is 21.5. The maximum absolute atomic E-state index is 13.7. The van der Waals surface area contributed by atoms with Gasteiger partial charge in [0.05, 0.1) is 48.2 Å². The monoisotopic (exact) mass is 489 g/mol. The van der Waals surface area contributed by atoms with Gasteiger partial charge < -0.3 is 18.8 Å². The highest BCUT2D eigenvalue weighted by molar-refractivity contribution is 5.97. The molecule has 8 heteroatoms. The largest absolute Gasteiger partial charge is 0.497 e.